The van der Waals surface area contributed by atoms with Crippen molar-refractivity contribution in [1.29, 1.82) is 5.26 Å². The standard InChI is InChI=1S/C10H4Cl2N2/c11-8-5-14-9-2-1-6(4-13)3-7(9)10(8)12/h1-3,5H. The van der Waals surface area contributed by atoms with E-state index in [0.29, 0.717) is 21.0 Å². The quantitative estimate of drug-likeness (QED) is 0.686. The largest absolute Gasteiger partial charge is 0.255 e. The van der Waals surface area contributed by atoms with Gasteiger partial charge in [0.1, 0.15) is 0 Å². The molecular formula is C10H4Cl2N2. The fourth-order valence-corrected chi connectivity index (χ4v) is 1.56. The Labute approximate surface area is 90.7 Å². The molecule has 1 aromatic carbocycles. The Morgan fingerprint density at radius 1 is 1.29 bits per heavy atom. The number of benzene rings is 1. The maximum Gasteiger partial charge on any atom is 0.0991 e. The molecule has 0 saturated carbocycles. The van der Waals surface area contributed by atoms with Crippen molar-refractivity contribution in [3.8, 4) is 6.07 Å². The molecule has 0 amide bonds. The molecule has 0 aliphatic carbocycles. The van der Waals surface area contributed by atoms with E-state index in [1.807, 2.05) is 6.07 Å². The molecule has 0 aliphatic rings. The molecule has 0 aliphatic heterocycles. The molecular weight excluding hydrogens is 219 g/mol. The number of nitrogens with zero attached hydrogens (tertiary/aromatic N) is 2. The number of hydrogen-bond donors (Lipinski definition) is 0. The second kappa shape index (κ2) is 3.45. The van der Waals surface area contributed by atoms with Crippen LogP contribution < -0.4 is 0 Å². The van der Waals surface area contributed by atoms with Crippen LogP contribution in [0.15, 0.2) is 24.4 Å². The predicted octanol–water partition coefficient (Wildman–Crippen LogP) is 3.41. The van der Waals surface area contributed by atoms with E-state index >= 15 is 0 Å². The van der Waals surface area contributed by atoms with Crippen LogP contribution in [-0.4, -0.2) is 4.98 Å². The molecule has 4 heteroatoms. The molecule has 2 aromatic rings. The van der Waals surface area contributed by atoms with Gasteiger partial charge in [0.05, 0.1) is 27.2 Å². The zero-order chi connectivity index (χ0) is 10.1. The van der Waals surface area contributed by atoms with Crippen molar-refractivity contribution in [2.45, 2.75) is 0 Å². The minimum atomic E-state index is 0.397. The molecule has 68 valence electrons. The lowest BCUT2D eigenvalue weighted by Gasteiger charge is -2.01. The number of fused-ring (bicyclic) bond motifs is 1. The zero-order valence-electron chi connectivity index (χ0n) is 6.96. The number of nitriles is 1. The van der Waals surface area contributed by atoms with Crippen molar-refractivity contribution < 1.29 is 0 Å². The number of rotatable bonds is 0. The highest BCUT2D eigenvalue weighted by molar-refractivity contribution is 6.45. The van der Waals surface area contributed by atoms with Crippen LogP contribution in [0.2, 0.25) is 10.0 Å². The van der Waals surface area contributed by atoms with Crippen molar-refractivity contribution in [3.05, 3.63) is 40.0 Å². The predicted molar refractivity (Wildman–Crippen MR) is 56.5 cm³/mol. The van der Waals surface area contributed by atoms with Gasteiger partial charge in [0, 0.05) is 11.6 Å². The van der Waals surface area contributed by atoms with Gasteiger partial charge in [-0.15, -0.1) is 0 Å². The van der Waals surface area contributed by atoms with Crippen LogP contribution in [0.4, 0.5) is 0 Å². The summed E-state index contributed by atoms with van der Waals surface area (Å²) in [6, 6.07) is 7.15. The van der Waals surface area contributed by atoms with Gasteiger partial charge < -0.3 is 0 Å². The molecule has 0 fully saturated rings. The molecule has 1 heterocycles. The van der Waals surface area contributed by atoms with Crippen LogP contribution in [0, 0.1) is 11.3 Å². The van der Waals surface area contributed by atoms with Crippen LogP contribution in [0.3, 0.4) is 0 Å². The molecule has 1 aromatic heterocycles. The van der Waals surface area contributed by atoms with Crippen LogP contribution in [-0.2, 0) is 0 Å². The monoisotopic (exact) mass is 222 g/mol. The second-order valence-electron chi connectivity index (χ2n) is 2.76. The summed E-state index contributed by atoms with van der Waals surface area (Å²) in [4.78, 5) is 4.09. The van der Waals surface area contributed by atoms with Gasteiger partial charge in [-0.3, -0.25) is 4.98 Å². The number of hydrogen-bond acceptors (Lipinski definition) is 2. The first kappa shape index (κ1) is 9.26. The van der Waals surface area contributed by atoms with E-state index in [2.05, 4.69) is 4.98 Å². The van der Waals surface area contributed by atoms with Crippen LogP contribution >= 0.6 is 23.2 Å². The summed E-state index contributed by atoms with van der Waals surface area (Å²) in [5, 5.41) is 10.3. The summed E-state index contributed by atoms with van der Waals surface area (Å²) in [5.41, 5.74) is 1.28. The molecule has 0 N–H and O–H groups in total. The average Bonchev–Trinajstić information content (AvgIpc) is 2.23. The Balaban J connectivity index is 2.86. The van der Waals surface area contributed by atoms with Gasteiger partial charge in [-0.05, 0) is 18.2 Å². The lowest BCUT2D eigenvalue weighted by molar-refractivity contribution is 1.40. The molecule has 0 radical (unpaired) electrons. The fraction of sp³-hybridized carbons (Fsp3) is 0. The third-order valence-electron chi connectivity index (χ3n) is 1.89. The molecule has 0 unspecified atom stereocenters. The summed E-state index contributed by atoms with van der Waals surface area (Å²) in [6.45, 7) is 0. The van der Waals surface area contributed by atoms with E-state index in [1.54, 1.807) is 18.2 Å². The van der Waals surface area contributed by atoms with E-state index in [-0.39, 0.29) is 0 Å². The third-order valence-corrected chi connectivity index (χ3v) is 2.68. The molecule has 0 atom stereocenters. The van der Waals surface area contributed by atoms with Crippen LogP contribution in [0.25, 0.3) is 10.9 Å². The lowest BCUT2D eigenvalue weighted by Crippen LogP contribution is -1.82. The van der Waals surface area contributed by atoms with Gasteiger partial charge in [-0.2, -0.15) is 5.26 Å². The molecule has 14 heavy (non-hydrogen) atoms. The normalized spacial score (nSPS) is 10.1. The summed E-state index contributed by atoms with van der Waals surface area (Å²) in [7, 11) is 0. The number of halogens is 2. The summed E-state index contributed by atoms with van der Waals surface area (Å²) in [5.74, 6) is 0. The summed E-state index contributed by atoms with van der Waals surface area (Å²) < 4.78 is 0. The summed E-state index contributed by atoms with van der Waals surface area (Å²) >= 11 is 11.8. The highest BCUT2D eigenvalue weighted by Gasteiger charge is 2.05. The number of pyridine rings is 1. The van der Waals surface area contributed by atoms with Gasteiger partial charge in [0.15, 0.2) is 0 Å². The van der Waals surface area contributed by atoms with E-state index < -0.39 is 0 Å². The van der Waals surface area contributed by atoms with Crippen LogP contribution in [0.1, 0.15) is 5.56 Å². The topological polar surface area (TPSA) is 36.7 Å². The Hall–Kier alpha value is -1.30. The van der Waals surface area contributed by atoms with Crippen molar-refractivity contribution in [2.24, 2.45) is 0 Å². The van der Waals surface area contributed by atoms with Gasteiger partial charge in [-0.25, -0.2) is 0 Å². The minimum Gasteiger partial charge on any atom is -0.255 e. The average molecular weight is 223 g/mol. The maximum absolute atomic E-state index is 8.71. The number of aromatic nitrogens is 1. The van der Waals surface area contributed by atoms with Gasteiger partial charge in [-0.1, -0.05) is 23.2 Å². The van der Waals surface area contributed by atoms with Gasteiger partial charge >= 0.3 is 0 Å². The second-order valence-corrected chi connectivity index (χ2v) is 3.55. The molecule has 2 rings (SSSR count). The zero-order valence-corrected chi connectivity index (χ0v) is 8.47. The van der Waals surface area contributed by atoms with Crippen LogP contribution in [0.5, 0.6) is 0 Å². The minimum absolute atomic E-state index is 0.397. The maximum atomic E-state index is 8.71. The lowest BCUT2D eigenvalue weighted by atomic mass is 10.1. The smallest absolute Gasteiger partial charge is 0.0991 e. The van der Waals surface area contributed by atoms with E-state index in [4.69, 9.17) is 28.5 Å². The first-order chi connectivity index (χ1) is 6.72. The Kier molecular flexibility index (Phi) is 2.28. The highest BCUT2D eigenvalue weighted by atomic mass is 35.5. The third kappa shape index (κ3) is 1.41. The van der Waals surface area contributed by atoms with E-state index in [1.165, 1.54) is 6.20 Å². The van der Waals surface area contributed by atoms with E-state index in [0.717, 1.165) is 5.52 Å². The molecule has 0 bridgehead atoms. The Bertz CT molecular complexity index is 544. The Morgan fingerprint density at radius 3 is 2.79 bits per heavy atom. The fourth-order valence-electron chi connectivity index (χ4n) is 1.21. The van der Waals surface area contributed by atoms with E-state index in [9.17, 15) is 0 Å². The molecule has 2 nitrogen and oxygen atoms in total. The van der Waals surface area contributed by atoms with Crippen molar-refractivity contribution in [3.63, 3.8) is 0 Å². The SMILES string of the molecule is N#Cc1ccc2ncc(Cl)c(Cl)c2c1. The van der Waals surface area contributed by atoms with Crippen molar-refractivity contribution >= 4 is 34.1 Å². The van der Waals surface area contributed by atoms with Gasteiger partial charge in [0.2, 0.25) is 0 Å². The van der Waals surface area contributed by atoms with Gasteiger partial charge in [0.25, 0.3) is 0 Å². The first-order valence-corrected chi connectivity index (χ1v) is 4.62. The van der Waals surface area contributed by atoms with Crippen molar-refractivity contribution in [2.75, 3.05) is 0 Å². The highest BCUT2D eigenvalue weighted by Crippen LogP contribution is 2.29. The molecule has 0 spiro atoms. The summed E-state index contributed by atoms with van der Waals surface area (Å²) in [6.07, 6.45) is 1.50. The Morgan fingerprint density at radius 2 is 2.07 bits per heavy atom. The van der Waals surface area contributed by atoms with Crippen molar-refractivity contribution in [1.82, 2.24) is 4.98 Å². The molecule has 0 saturated heterocycles. The first-order valence-electron chi connectivity index (χ1n) is 3.86.